The van der Waals surface area contributed by atoms with Crippen molar-refractivity contribution in [2.24, 2.45) is 5.92 Å². The number of nitrogens with one attached hydrogen (secondary N) is 3. The molecule has 0 radical (unpaired) electrons. The lowest BCUT2D eigenvalue weighted by Gasteiger charge is -2.30. The Morgan fingerprint density at radius 2 is 1.87 bits per heavy atom. The lowest BCUT2D eigenvalue weighted by atomic mass is 9.91. The van der Waals surface area contributed by atoms with Crippen molar-refractivity contribution >= 4 is 23.1 Å². The molecule has 2 aliphatic rings. The van der Waals surface area contributed by atoms with E-state index in [0.29, 0.717) is 17.1 Å². The van der Waals surface area contributed by atoms with Gasteiger partial charge in [-0.25, -0.2) is 4.98 Å². The van der Waals surface area contributed by atoms with Gasteiger partial charge in [0.05, 0.1) is 11.6 Å². The summed E-state index contributed by atoms with van der Waals surface area (Å²) in [4.78, 5) is 4.54. The van der Waals surface area contributed by atoms with Crippen molar-refractivity contribution < 1.29 is 4.74 Å². The van der Waals surface area contributed by atoms with E-state index in [4.69, 9.17) is 16.3 Å². The SMILES string of the molecule is COCCNC1CCC(Nc2cc(-c3cccc(NCC4CC4)c3)c(Cl)cn2)CC1. The first-order chi connectivity index (χ1) is 14.7. The molecule has 0 saturated heterocycles. The van der Waals surface area contributed by atoms with Gasteiger partial charge in [0, 0.05) is 49.7 Å². The van der Waals surface area contributed by atoms with E-state index in [1.165, 1.54) is 25.7 Å². The summed E-state index contributed by atoms with van der Waals surface area (Å²) in [5.74, 6) is 1.75. The molecule has 0 bridgehead atoms. The topological polar surface area (TPSA) is 58.2 Å². The molecule has 0 amide bonds. The molecule has 2 fully saturated rings. The molecular weight excluding hydrogens is 396 g/mol. The van der Waals surface area contributed by atoms with E-state index in [1.807, 2.05) is 0 Å². The Morgan fingerprint density at radius 1 is 1.07 bits per heavy atom. The minimum absolute atomic E-state index is 0.457. The quantitative estimate of drug-likeness (QED) is 0.455. The third kappa shape index (κ3) is 6.10. The van der Waals surface area contributed by atoms with Gasteiger partial charge >= 0.3 is 0 Å². The zero-order valence-electron chi connectivity index (χ0n) is 17.8. The molecule has 2 aliphatic carbocycles. The number of rotatable bonds is 10. The van der Waals surface area contributed by atoms with E-state index in [9.17, 15) is 0 Å². The van der Waals surface area contributed by atoms with Crippen LogP contribution in [-0.4, -0.2) is 43.9 Å². The smallest absolute Gasteiger partial charge is 0.126 e. The van der Waals surface area contributed by atoms with E-state index in [1.54, 1.807) is 13.3 Å². The van der Waals surface area contributed by atoms with E-state index >= 15 is 0 Å². The van der Waals surface area contributed by atoms with E-state index < -0.39 is 0 Å². The molecular formula is C24H33ClN4O. The van der Waals surface area contributed by atoms with Crippen molar-refractivity contribution in [3.63, 3.8) is 0 Å². The first kappa shape index (κ1) is 21.4. The highest BCUT2D eigenvalue weighted by Crippen LogP contribution is 2.33. The van der Waals surface area contributed by atoms with Crippen LogP contribution in [0.15, 0.2) is 36.5 Å². The second kappa shape index (κ2) is 10.5. The summed E-state index contributed by atoms with van der Waals surface area (Å²) in [6.07, 6.45) is 9.11. The van der Waals surface area contributed by atoms with Crippen molar-refractivity contribution in [2.45, 2.75) is 50.6 Å². The Kier molecular flexibility index (Phi) is 7.47. The summed E-state index contributed by atoms with van der Waals surface area (Å²) in [7, 11) is 1.75. The number of nitrogens with zero attached hydrogens (tertiary/aromatic N) is 1. The van der Waals surface area contributed by atoms with Crippen molar-refractivity contribution in [3.05, 3.63) is 41.6 Å². The fraction of sp³-hybridized carbons (Fsp3) is 0.542. The van der Waals surface area contributed by atoms with Crippen LogP contribution in [0, 0.1) is 5.92 Å². The maximum Gasteiger partial charge on any atom is 0.126 e. The summed E-state index contributed by atoms with van der Waals surface area (Å²) in [6.45, 7) is 2.76. The zero-order chi connectivity index (χ0) is 20.8. The van der Waals surface area contributed by atoms with Crippen LogP contribution in [0.3, 0.4) is 0 Å². The Bertz CT molecular complexity index is 819. The largest absolute Gasteiger partial charge is 0.385 e. The molecule has 1 aromatic carbocycles. The number of benzene rings is 1. The molecule has 0 spiro atoms. The average molecular weight is 429 g/mol. The maximum absolute atomic E-state index is 6.51. The monoisotopic (exact) mass is 428 g/mol. The predicted molar refractivity (Wildman–Crippen MR) is 125 cm³/mol. The van der Waals surface area contributed by atoms with Gasteiger partial charge in [-0.3, -0.25) is 0 Å². The lowest BCUT2D eigenvalue weighted by molar-refractivity contribution is 0.191. The third-order valence-electron chi connectivity index (χ3n) is 6.14. The molecule has 6 heteroatoms. The number of hydrogen-bond acceptors (Lipinski definition) is 5. The fourth-order valence-corrected chi connectivity index (χ4v) is 4.35. The number of aromatic nitrogens is 1. The van der Waals surface area contributed by atoms with Crippen molar-refractivity contribution in [1.82, 2.24) is 10.3 Å². The maximum atomic E-state index is 6.51. The summed E-state index contributed by atoms with van der Waals surface area (Å²) >= 11 is 6.51. The van der Waals surface area contributed by atoms with Gasteiger partial charge in [-0.05, 0) is 68.2 Å². The van der Waals surface area contributed by atoms with Crippen LogP contribution in [0.4, 0.5) is 11.5 Å². The summed E-state index contributed by atoms with van der Waals surface area (Å²) in [6, 6.07) is 11.7. The number of halogens is 1. The molecule has 0 unspecified atom stereocenters. The molecule has 4 rings (SSSR count). The van der Waals surface area contributed by atoms with E-state index in [2.05, 4.69) is 51.3 Å². The van der Waals surface area contributed by atoms with E-state index in [-0.39, 0.29) is 0 Å². The van der Waals surface area contributed by atoms with Crippen molar-refractivity contribution in [1.29, 1.82) is 0 Å². The molecule has 0 atom stereocenters. The fourth-order valence-electron chi connectivity index (χ4n) is 4.14. The Morgan fingerprint density at radius 3 is 2.63 bits per heavy atom. The predicted octanol–water partition coefficient (Wildman–Crippen LogP) is 5.18. The van der Waals surface area contributed by atoms with Crippen molar-refractivity contribution in [2.75, 3.05) is 37.4 Å². The Labute approximate surface area is 185 Å². The molecule has 3 N–H and O–H groups in total. The average Bonchev–Trinajstić information content (AvgIpc) is 3.60. The minimum atomic E-state index is 0.457. The molecule has 1 aromatic heterocycles. The lowest BCUT2D eigenvalue weighted by Crippen LogP contribution is -2.38. The standard InChI is InChI=1S/C24H33ClN4O/c1-30-12-11-26-19-7-9-20(10-8-19)29-24-14-22(23(25)16-28-24)18-3-2-4-21(13-18)27-15-17-5-6-17/h2-4,13-14,16-17,19-20,26-27H,5-12,15H2,1H3,(H,28,29). The number of pyridine rings is 1. The molecule has 30 heavy (non-hydrogen) atoms. The first-order valence-corrected chi connectivity index (χ1v) is 11.6. The number of ether oxygens (including phenoxy) is 1. The Hall–Kier alpha value is -1.82. The third-order valence-corrected chi connectivity index (χ3v) is 6.44. The van der Waals surface area contributed by atoms with Crippen LogP contribution in [0.1, 0.15) is 38.5 Å². The van der Waals surface area contributed by atoms with Crippen molar-refractivity contribution in [3.8, 4) is 11.1 Å². The van der Waals surface area contributed by atoms with Gasteiger partial charge in [-0.2, -0.15) is 0 Å². The Balaban J connectivity index is 1.36. The van der Waals surface area contributed by atoms with Gasteiger partial charge in [0.25, 0.3) is 0 Å². The second-order valence-electron chi connectivity index (χ2n) is 8.59. The van der Waals surface area contributed by atoms with Gasteiger partial charge in [0.15, 0.2) is 0 Å². The summed E-state index contributed by atoms with van der Waals surface area (Å²) in [5, 5.41) is 11.4. The van der Waals surface area contributed by atoms with Crippen LogP contribution < -0.4 is 16.0 Å². The normalized spacial score (nSPS) is 21.4. The second-order valence-corrected chi connectivity index (χ2v) is 9.00. The number of anilines is 2. The molecule has 2 saturated carbocycles. The first-order valence-electron chi connectivity index (χ1n) is 11.2. The molecule has 0 aliphatic heterocycles. The zero-order valence-corrected chi connectivity index (χ0v) is 18.5. The van der Waals surface area contributed by atoms with Crippen LogP contribution in [0.5, 0.6) is 0 Å². The minimum Gasteiger partial charge on any atom is -0.385 e. The van der Waals surface area contributed by atoms with Crippen LogP contribution in [-0.2, 0) is 4.74 Å². The van der Waals surface area contributed by atoms with Gasteiger partial charge < -0.3 is 20.7 Å². The van der Waals surface area contributed by atoms with Crippen LogP contribution >= 0.6 is 11.6 Å². The molecule has 5 nitrogen and oxygen atoms in total. The number of hydrogen-bond donors (Lipinski definition) is 3. The van der Waals surface area contributed by atoms with Gasteiger partial charge in [0.1, 0.15) is 5.82 Å². The highest BCUT2D eigenvalue weighted by Gasteiger charge is 2.22. The summed E-state index contributed by atoms with van der Waals surface area (Å²) in [5.41, 5.74) is 3.30. The van der Waals surface area contributed by atoms with Gasteiger partial charge in [0.2, 0.25) is 0 Å². The molecule has 162 valence electrons. The summed E-state index contributed by atoms with van der Waals surface area (Å²) < 4.78 is 5.13. The van der Waals surface area contributed by atoms with Crippen LogP contribution in [0.2, 0.25) is 5.02 Å². The van der Waals surface area contributed by atoms with E-state index in [0.717, 1.165) is 61.1 Å². The van der Waals surface area contributed by atoms with Gasteiger partial charge in [-0.15, -0.1) is 0 Å². The highest BCUT2D eigenvalue weighted by molar-refractivity contribution is 6.33. The molecule has 2 aromatic rings. The number of methoxy groups -OCH3 is 1. The van der Waals surface area contributed by atoms with Gasteiger partial charge in [-0.1, -0.05) is 23.7 Å². The highest BCUT2D eigenvalue weighted by atomic mass is 35.5. The van der Waals surface area contributed by atoms with Crippen LogP contribution in [0.25, 0.3) is 11.1 Å². The molecule has 1 heterocycles.